The number of amides is 2. The fourth-order valence-electron chi connectivity index (χ4n) is 4.74. The van der Waals surface area contributed by atoms with E-state index in [9.17, 15) is 18.0 Å². The van der Waals surface area contributed by atoms with Crippen molar-refractivity contribution in [3.63, 3.8) is 0 Å². The van der Waals surface area contributed by atoms with Crippen molar-refractivity contribution in [2.45, 2.75) is 30.8 Å². The second kappa shape index (κ2) is 14.2. The van der Waals surface area contributed by atoms with E-state index in [0.717, 1.165) is 21.0 Å². The zero-order chi connectivity index (χ0) is 31.0. The van der Waals surface area contributed by atoms with Gasteiger partial charge in [0.25, 0.3) is 10.0 Å². The normalized spacial score (nSPS) is 11.8. The molecule has 1 atom stereocenters. The molecule has 0 unspecified atom stereocenters. The fourth-order valence-corrected chi connectivity index (χ4v) is 6.30. The number of halogens is 1. The largest absolute Gasteiger partial charge is 0.495 e. The van der Waals surface area contributed by atoms with E-state index in [0.29, 0.717) is 5.02 Å². The molecule has 224 valence electrons. The number of methoxy groups -OCH3 is 1. The molecule has 0 aliphatic carbocycles. The molecule has 8 nitrogen and oxygen atoms in total. The highest BCUT2D eigenvalue weighted by molar-refractivity contribution is 7.92. The summed E-state index contributed by atoms with van der Waals surface area (Å²) < 4.78 is 34.8. The Kier molecular flexibility index (Phi) is 10.4. The van der Waals surface area contributed by atoms with Gasteiger partial charge in [-0.25, -0.2) is 8.42 Å². The SMILES string of the molecule is CNC(=O)[C@H](Cc1ccccc1)N(Cc1ccc(Cl)cc1)C(=O)CN(c1cc(C)ccc1OC)S(=O)(=O)c1ccccc1. The average molecular weight is 620 g/mol. The molecule has 0 aromatic heterocycles. The van der Waals surface area contributed by atoms with Crippen LogP contribution in [0.25, 0.3) is 0 Å². The van der Waals surface area contributed by atoms with Gasteiger partial charge in [-0.15, -0.1) is 0 Å². The maximum atomic E-state index is 14.4. The van der Waals surface area contributed by atoms with Crippen LogP contribution in [0.2, 0.25) is 5.02 Å². The summed E-state index contributed by atoms with van der Waals surface area (Å²) >= 11 is 6.11. The molecule has 0 fully saturated rings. The number of benzene rings is 4. The summed E-state index contributed by atoms with van der Waals surface area (Å²) in [5.74, 6) is -0.659. The average Bonchev–Trinajstić information content (AvgIpc) is 3.02. The number of hydrogen-bond acceptors (Lipinski definition) is 5. The number of ether oxygens (including phenoxy) is 1. The zero-order valence-corrected chi connectivity index (χ0v) is 25.8. The van der Waals surface area contributed by atoms with Crippen LogP contribution in [0, 0.1) is 6.92 Å². The Labute approximate surface area is 257 Å². The topological polar surface area (TPSA) is 96.0 Å². The lowest BCUT2D eigenvalue weighted by molar-refractivity contribution is -0.139. The molecule has 0 spiro atoms. The van der Waals surface area contributed by atoms with Crippen molar-refractivity contribution in [2.75, 3.05) is 25.0 Å². The molecule has 0 heterocycles. The van der Waals surface area contributed by atoms with Gasteiger partial charge >= 0.3 is 0 Å². The zero-order valence-electron chi connectivity index (χ0n) is 24.2. The molecule has 0 radical (unpaired) electrons. The van der Waals surface area contributed by atoms with E-state index in [2.05, 4.69) is 5.32 Å². The van der Waals surface area contributed by atoms with Gasteiger partial charge in [-0.05, 0) is 60.0 Å². The van der Waals surface area contributed by atoms with Gasteiger partial charge in [0.15, 0.2) is 0 Å². The van der Waals surface area contributed by atoms with Crippen molar-refractivity contribution in [1.29, 1.82) is 0 Å². The molecule has 0 saturated carbocycles. The minimum absolute atomic E-state index is 0.0164. The number of nitrogens with zero attached hydrogens (tertiary/aromatic N) is 2. The minimum atomic E-state index is -4.23. The molecule has 2 amide bonds. The molecule has 0 saturated heterocycles. The lowest BCUT2D eigenvalue weighted by atomic mass is 10.0. The molecule has 0 aliphatic rings. The van der Waals surface area contributed by atoms with E-state index in [-0.39, 0.29) is 35.2 Å². The highest BCUT2D eigenvalue weighted by atomic mass is 35.5. The third-order valence-corrected chi connectivity index (χ3v) is 9.02. The van der Waals surface area contributed by atoms with Gasteiger partial charge < -0.3 is 15.0 Å². The van der Waals surface area contributed by atoms with Crippen molar-refractivity contribution in [2.24, 2.45) is 0 Å². The number of likely N-dealkylation sites (N-methyl/N-ethyl adjacent to an activating group) is 1. The highest BCUT2D eigenvalue weighted by Crippen LogP contribution is 2.34. The van der Waals surface area contributed by atoms with Crippen LogP contribution in [0.3, 0.4) is 0 Å². The van der Waals surface area contributed by atoms with Crippen molar-refractivity contribution in [1.82, 2.24) is 10.2 Å². The van der Waals surface area contributed by atoms with Gasteiger partial charge in [-0.1, -0.05) is 78.3 Å². The number of carbonyl (C=O) groups is 2. The Hall–Kier alpha value is -4.34. The second-order valence-electron chi connectivity index (χ2n) is 9.97. The summed E-state index contributed by atoms with van der Waals surface area (Å²) in [6.07, 6.45) is 0.221. The van der Waals surface area contributed by atoms with Gasteiger partial charge in [-0.2, -0.15) is 0 Å². The van der Waals surface area contributed by atoms with Crippen molar-refractivity contribution in [3.8, 4) is 5.75 Å². The first-order valence-electron chi connectivity index (χ1n) is 13.7. The predicted octanol–water partition coefficient (Wildman–Crippen LogP) is 5.24. The van der Waals surface area contributed by atoms with Crippen molar-refractivity contribution in [3.05, 3.63) is 125 Å². The predicted molar refractivity (Wildman–Crippen MR) is 169 cm³/mol. The van der Waals surface area contributed by atoms with Gasteiger partial charge in [0.2, 0.25) is 11.8 Å². The molecular formula is C33H34ClN3O5S. The van der Waals surface area contributed by atoms with Crippen LogP contribution in [0.15, 0.2) is 108 Å². The number of hydrogen-bond donors (Lipinski definition) is 1. The third-order valence-electron chi connectivity index (χ3n) is 7.00. The molecule has 4 aromatic carbocycles. The minimum Gasteiger partial charge on any atom is -0.495 e. The maximum absolute atomic E-state index is 14.4. The van der Waals surface area contributed by atoms with Crippen LogP contribution in [0.5, 0.6) is 5.75 Å². The molecule has 0 aliphatic heterocycles. The van der Waals surface area contributed by atoms with Gasteiger partial charge in [0, 0.05) is 25.0 Å². The van der Waals surface area contributed by atoms with Crippen LogP contribution in [0.4, 0.5) is 5.69 Å². The number of nitrogens with one attached hydrogen (secondary N) is 1. The lowest BCUT2D eigenvalue weighted by Crippen LogP contribution is -2.53. The van der Waals surface area contributed by atoms with Crippen LogP contribution < -0.4 is 14.4 Å². The quantitative estimate of drug-likeness (QED) is 0.234. The molecule has 43 heavy (non-hydrogen) atoms. The molecule has 1 N–H and O–H groups in total. The molecular weight excluding hydrogens is 586 g/mol. The van der Waals surface area contributed by atoms with Crippen LogP contribution in [-0.4, -0.2) is 51.9 Å². The highest BCUT2D eigenvalue weighted by Gasteiger charge is 2.35. The van der Waals surface area contributed by atoms with E-state index in [1.807, 2.05) is 37.3 Å². The Morgan fingerprint density at radius 3 is 2.12 bits per heavy atom. The van der Waals surface area contributed by atoms with Crippen molar-refractivity contribution < 1.29 is 22.7 Å². The summed E-state index contributed by atoms with van der Waals surface area (Å²) in [6, 6.07) is 28.4. The van der Waals surface area contributed by atoms with Crippen LogP contribution in [-0.2, 0) is 32.6 Å². The number of sulfonamides is 1. The smallest absolute Gasteiger partial charge is 0.264 e. The maximum Gasteiger partial charge on any atom is 0.264 e. The Morgan fingerprint density at radius 1 is 0.884 bits per heavy atom. The van der Waals surface area contributed by atoms with Gasteiger partial charge in [0.1, 0.15) is 18.3 Å². The summed E-state index contributed by atoms with van der Waals surface area (Å²) in [5, 5.41) is 3.20. The molecule has 0 bridgehead atoms. The summed E-state index contributed by atoms with van der Waals surface area (Å²) in [7, 11) is -1.28. The molecule has 4 rings (SSSR count). The van der Waals surface area contributed by atoms with E-state index in [4.69, 9.17) is 16.3 Å². The Balaban J connectivity index is 1.82. The van der Waals surface area contributed by atoms with Gasteiger partial charge in [0.05, 0.1) is 17.7 Å². The summed E-state index contributed by atoms with van der Waals surface area (Å²) in [6.45, 7) is 1.30. The van der Waals surface area contributed by atoms with E-state index in [1.54, 1.807) is 60.7 Å². The van der Waals surface area contributed by atoms with E-state index in [1.165, 1.54) is 31.2 Å². The number of carbonyl (C=O) groups excluding carboxylic acids is 2. The van der Waals surface area contributed by atoms with Gasteiger partial charge in [-0.3, -0.25) is 13.9 Å². The first-order valence-corrected chi connectivity index (χ1v) is 15.5. The van der Waals surface area contributed by atoms with Crippen molar-refractivity contribution >= 4 is 39.1 Å². The Bertz CT molecular complexity index is 1650. The first kappa shape index (κ1) is 31.6. The lowest BCUT2D eigenvalue weighted by Gasteiger charge is -2.34. The monoisotopic (exact) mass is 619 g/mol. The third kappa shape index (κ3) is 7.74. The second-order valence-corrected chi connectivity index (χ2v) is 12.3. The first-order chi connectivity index (χ1) is 20.6. The molecule has 4 aromatic rings. The molecule has 10 heteroatoms. The number of aryl methyl sites for hydroxylation is 1. The number of anilines is 1. The Morgan fingerprint density at radius 2 is 1.51 bits per heavy atom. The summed E-state index contributed by atoms with van der Waals surface area (Å²) in [4.78, 5) is 29.2. The van der Waals surface area contributed by atoms with Crippen LogP contribution >= 0.6 is 11.6 Å². The van der Waals surface area contributed by atoms with E-state index < -0.39 is 28.5 Å². The standard InChI is InChI=1S/C33H34ClN3O5S/c1-24-14-19-31(42-3)29(20-24)37(43(40,41)28-12-8-5-9-13-28)23-32(38)36(22-26-15-17-27(34)18-16-26)30(33(39)35-2)21-25-10-6-4-7-11-25/h4-20,30H,21-23H2,1-3H3,(H,35,39)/t30-/m0/s1. The van der Waals surface area contributed by atoms with E-state index >= 15 is 0 Å². The van der Waals surface area contributed by atoms with Crippen LogP contribution in [0.1, 0.15) is 16.7 Å². The summed E-state index contributed by atoms with van der Waals surface area (Å²) in [5.41, 5.74) is 2.57. The fraction of sp³-hybridized carbons (Fsp3) is 0.212. The number of rotatable bonds is 12.